The Morgan fingerprint density at radius 3 is 2.24 bits per heavy atom. The second-order valence-electron chi connectivity index (χ2n) is 3.47. The lowest BCUT2D eigenvalue weighted by Crippen LogP contribution is -2.18. The van der Waals surface area contributed by atoms with Crippen LogP contribution >= 0.6 is 67.8 Å². The van der Waals surface area contributed by atoms with E-state index < -0.39 is 21.9 Å². The molecule has 0 N–H and O–H groups in total. The third kappa shape index (κ3) is 7.10. The van der Waals surface area contributed by atoms with Gasteiger partial charge in [0.05, 0.1) is 19.3 Å². The molecule has 1 rings (SSSR count). The van der Waals surface area contributed by atoms with Crippen LogP contribution in [-0.4, -0.2) is 26.5 Å². The van der Waals surface area contributed by atoms with Crippen LogP contribution in [-0.2, 0) is 14.8 Å². The number of carbonyl (C=O) groups is 1. The summed E-state index contributed by atoms with van der Waals surface area (Å²) < 4.78 is 31.7. The van der Waals surface area contributed by atoms with Gasteiger partial charge in [0.2, 0.25) is 10.0 Å². The van der Waals surface area contributed by atoms with Gasteiger partial charge in [-0.3, -0.25) is 0 Å². The minimum atomic E-state index is -3.83. The van der Waals surface area contributed by atoms with Crippen LogP contribution in [0.3, 0.4) is 0 Å². The fourth-order valence-corrected chi connectivity index (χ4v) is 5.17. The average molecular weight is 644 g/mol. The average Bonchev–Trinajstić information content (AvgIpc) is 2.29. The summed E-state index contributed by atoms with van der Waals surface area (Å²) >= 11 is 6.14. The Balaban J connectivity index is 2.93. The number of halogens is 3. The molecule has 0 saturated carbocycles. The molecule has 0 amide bonds. The second-order valence-corrected chi connectivity index (χ2v) is 8.69. The number of ether oxygens (including phenoxy) is 1. The first-order valence-corrected chi connectivity index (χ1v) is 10.0. The quantitative estimate of drug-likeness (QED) is 0.0917. The highest BCUT2D eigenvalue weighted by Gasteiger charge is 2.11. The highest BCUT2D eigenvalue weighted by molar-refractivity contribution is 14.1. The van der Waals surface area contributed by atoms with Crippen molar-refractivity contribution < 1.29 is 23.1 Å². The highest BCUT2D eigenvalue weighted by Crippen LogP contribution is 2.29. The van der Waals surface area contributed by atoms with E-state index in [4.69, 9.17) is 4.74 Å². The molecule has 0 fully saturated rings. The molecule has 0 spiro atoms. The first-order valence-electron chi connectivity index (χ1n) is 4.94. The highest BCUT2D eigenvalue weighted by atomic mass is 127. The molecule has 0 radical (unpaired) electrons. The Morgan fingerprint density at radius 2 is 1.76 bits per heavy atom. The Labute approximate surface area is 162 Å². The van der Waals surface area contributed by atoms with Crippen molar-refractivity contribution in [1.82, 2.24) is 0 Å². The lowest BCUT2D eigenvalue weighted by Gasteiger charge is -2.06. The van der Waals surface area contributed by atoms with Crippen LogP contribution in [0.25, 0.3) is 0 Å². The lowest BCUT2D eigenvalue weighted by atomic mass is 10.3. The van der Waals surface area contributed by atoms with E-state index in [2.05, 4.69) is 27.0 Å². The first-order chi connectivity index (χ1) is 9.58. The Kier molecular flexibility index (Phi) is 7.13. The number of hydrogen-bond acceptors (Lipinski definition) is 5. The summed E-state index contributed by atoms with van der Waals surface area (Å²) in [5.74, 6) is 1.84. The zero-order chi connectivity index (χ0) is 16.2. The molecule has 0 aliphatic rings. The van der Waals surface area contributed by atoms with Crippen molar-refractivity contribution >= 4 is 89.7 Å². The van der Waals surface area contributed by atoms with Gasteiger partial charge in [0.25, 0.3) is 0 Å². The largest absolute Gasteiger partial charge is 0.852 e. The molecule has 0 unspecified atom stereocenters. The molecular formula is C11H5I3NO5S-. The summed E-state index contributed by atoms with van der Waals surface area (Å²) in [5.41, 5.74) is 0. The molecule has 0 saturated heterocycles. The molecule has 0 heterocycles. The summed E-state index contributed by atoms with van der Waals surface area (Å²) in [5, 5.41) is 11.1. The number of nitrogens with zero attached hydrogens (tertiary/aromatic N) is 1. The molecule has 0 aliphatic carbocycles. The van der Waals surface area contributed by atoms with Gasteiger partial charge in [-0.05, 0) is 85.8 Å². The van der Waals surface area contributed by atoms with Gasteiger partial charge in [-0.25, -0.2) is 13.2 Å². The number of benzene rings is 1. The number of rotatable bonds is 2. The summed E-state index contributed by atoms with van der Waals surface area (Å²) in [7, 11) is -3.83. The molecule has 0 aliphatic heterocycles. The topological polar surface area (TPSA) is 95.9 Å². The van der Waals surface area contributed by atoms with Crippen molar-refractivity contribution in [3.63, 3.8) is 0 Å². The predicted octanol–water partition coefficient (Wildman–Crippen LogP) is 1.13. The van der Waals surface area contributed by atoms with E-state index in [0.717, 1.165) is 9.83 Å². The fraction of sp³-hybridized carbons (Fsp3) is 0.0909. The maximum atomic E-state index is 11.5. The third-order valence-electron chi connectivity index (χ3n) is 1.68. The zero-order valence-corrected chi connectivity index (χ0v) is 17.5. The van der Waals surface area contributed by atoms with Crippen LogP contribution in [0.5, 0.6) is 5.75 Å². The van der Waals surface area contributed by atoms with Crippen LogP contribution in [0, 0.1) is 22.6 Å². The Bertz CT molecular complexity index is 754. The summed E-state index contributed by atoms with van der Waals surface area (Å²) in [6.45, 7) is 0. The summed E-state index contributed by atoms with van der Waals surface area (Å²) in [6, 6.07) is 3.62. The van der Waals surface area contributed by atoms with E-state index in [-0.39, 0.29) is 0 Å². The van der Waals surface area contributed by atoms with Gasteiger partial charge in [-0.2, -0.15) is 4.40 Å². The van der Waals surface area contributed by atoms with Crippen molar-refractivity contribution in [3.05, 3.63) is 22.8 Å². The van der Waals surface area contributed by atoms with Crippen LogP contribution in [0.1, 0.15) is 0 Å². The van der Waals surface area contributed by atoms with E-state index in [1.807, 2.05) is 63.2 Å². The van der Waals surface area contributed by atoms with Gasteiger partial charge in [-0.1, -0.05) is 0 Å². The maximum absolute atomic E-state index is 11.5. The molecule has 1 aromatic carbocycles. The van der Waals surface area contributed by atoms with Crippen molar-refractivity contribution in [2.45, 2.75) is 0 Å². The lowest BCUT2D eigenvalue weighted by molar-refractivity contribution is -0.210. The van der Waals surface area contributed by atoms with E-state index in [1.165, 1.54) is 0 Å². The van der Waals surface area contributed by atoms with Crippen LogP contribution < -0.4 is 9.84 Å². The monoisotopic (exact) mass is 644 g/mol. The molecule has 1 aromatic rings. The molecule has 10 heteroatoms. The number of hydrogen-bond donors (Lipinski definition) is 0. The van der Waals surface area contributed by atoms with Gasteiger partial charge in [0.1, 0.15) is 0 Å². The maximum Gasteiger partial charge on any atom is 0.390 e. The van der Waals surface area contributed by atoms with Gasteiger partial charge in [0.15, 0.2) is 5.75 Å². The van der Waals surface area contributed by atoms with E-state index >= 15 is 0 Å². The standard InChI is InChI=1S/C11H6I3NO5S/c1-21(18,19)15-9(16)2-3-10(17)20-11-7(13)4-6(12)5-8(11)14/h4-5H,1H3,(H,15,16)/p-1. The van der Waals surface area contributed by atoms with Crippen LogP contribution in [0.4, 0.5) is 0 Å². The van der Waals surface area contributed by atoms with E-state index in [0.29, 0.717) is 12.9 Å². The molecule has 0 aromatic heterocycles. The SMILES string of the molecule is CS(=O)(=O)/N=C(/[O-])C#CC(=O)Oc1c(I)cc(I)cc1I. The second kappa shape index (κ2) is 7.92. The summed E-state index contributed by atoms with van der Waals surface area (Å²) in [6.07, 6.45) is 0.751. The van der Waals surface area contributed by atoms with Crippen molar-refractivity contribution in [1.29, 1.82) is 0 Å². The van der Waals surface area contributed by atoms with Crippen LogP contribution in [0.15, 0.2) is 16.5 Å². The first kappa shape index (κ1) is 18.9. The van der Waals surface area contributed by atoms with E-state index in [9.17, 15) is 18.3 Å². The number of carbonyl (C=O) groups excluding carboxylic acids is 1. The van der Waals surface area contributed by atoms with Crippen LogP contribution in [0.2, 0.25) is 0 Å². The van der Waals surface area contributed by atoms with Gasteiger partial charge in [0, 0.05) is 9.49 Å². The smallest absolute Gasteiger partial charge is 0.390 e. The Morgan fingerprint density at radius 1 is 1.24 bits per heavy atom. The number of sulfonamides is 1. The molecule has 112 valence electrons. The Hall–Kier alpha value is -0.140. The molecule has 21 heavy (non-hydrogen) atoms. The van der Waals surface area contributed by atoms with Gasteiger partial charge in [-0.15, -0.1) is 0 Å². The molecular weight excluding hydrogens is 639 g/mol. The summed E-state index contributed by atoms with van der Waals surface area (Å²) in [4.78, 5) is 11.5. The number of esters is 1. The van der Waals surface area contributed by atoms with Crippen molar-refractivity contribution in [2.75, 3.05) is 6.26 Å². The third-order valence-corrected chi connectivity index (χ3v) is 4.40. The fourth-order valence-electron chi connectivity index (χ4n) is 1.02. The van der Waals surface area contributed by atoms with Crippen molar-refractivity contribution in [3.8, 4) is 17.6 Å². The predicted molar refractivity (Wildman–Crippen MR) is 100 cm³/mol. The zero-order valence-electron chi connectivity index (χ0n) is 10.2. The van der Waals surface area contributed by atoms with Gasteiger partial charge >= 0.3 is 5.97 Å². The molecule has 6 nitrogen and oxygen atoms in total. The van der Waals surface area contributed by atoms with Gasteiger partial charge < -0.3 is 9.84 Å². The van der Waals surface area contributed by atoms with Crippen molar-refractivity contribution in [2.24, 2.45) is 4.40 Å². The minimum absolute atomic E-state index is 0.336. The minimum Gasteiger partial charge on any atom is -0.852 e. The van der Waals surface area contributed by atoms with E-state index in [1.54, 1.807) is 5.92 Å². The molecule has 0 bridgehead atoms. The molecule has 0 atom stereocenters. The normalized spacial score (nSPS) is 11.5.